The van der Waals surface area contributed by atoms with E-state index in [0.717, 1.165) is 55.9 Å². The zero-order valence-corrected chi connectivity index (χ0v) is 31.5. The van der Waals surface area contributed by atoms with Crippen LogP contribution in [-0.4, -0.2) is 64.5 Å². The first-order valence-electron chi connectivity index (χ1n) is 18.1. The molecule has 2 aliphatic heterocycles. The molecule has 1 spiro atoms. The van der Waals surface area contributed by atoms with Gasteiger partial charge >= 0.3 is 0 Å². The van der Waals surface area contributed by atoms with Crippen molar-refractivity contribution in [2.24, 2.45) is 29.2 Å². The summed E-state index contributed by atoms with van der Waals surface area (Å²) in [4.78, 5) is 30.0. The van der Waals surface area contributed by atoms with Crippen molar-refractivity contribution in [3.63, 3.8) is 0 Å². The highest BCUT2D eigenvalue weighted by Gasteiger charge is 2.44. The van der Waals surface area contributed by atoms with Gasteiger partial charge in [-0.1, -0.05) is 43.7 Å². The normalized spacial score (nSPS) is 29.8. The molecule has 3 aromatic rings. The lowest BCUT2D eigenvalue weighted by Gasteiger charge is -2.46. The predicted molar refractivity (Wildman–Crippen MR) is 200 cm³/mol. The standard InChI is InChI=1S/C39H48ClN5O5S/c1-5-33-31(21-44(3)41-33)38(47)43-51(48)22-25(2)8-6-10-35(49-4)30-14-11-28(30)20-45-23-39(17-7-9-26-18-29(40)13-15-32(26)39)24-50-36-16-12-27(19-34(36)45)37(46)42-51/h6,10,12-13,15-16,18-19,21,25,28,30,35H,5,7-9,11,14,17,20,22-24H2,1-4H3,(H,42,43,46,47,48)/b10-6+/t25-,28-,30+,35-,39-,51?/m0/s1. The number of halogens is 1. The topological polar surface area (TPSA) is 115 Å². The number of nitrogens with one attached hydrogen (secondary N) is 1. The molecule has 51 heavy (non-hydrogen) atoms. The molecule has 1 unspecified atom stereocenters. The van der Waals surface area contributed by atoms with Crippen molar-refractivity contribution in [3.05, 3.63) is 87.7 Å². The zero-order valence-electron chi connectivity index (χ0n) is 29.9. The number of carbonyl (C=O) groups excluding carboxylic acids is 2. The smallest absolute Gasteiger partial charge is 0.286 e. The van der Waals surface area contributed by atoms with Crippen molar-refractivity contribution in [1.82, 2.24) is 14.5 Å². The molecular weight excluding hydrogens is 686 g/mol. The van der Waals surface area contributed by atoms with E-state index in [-0.39, 0.29) is 23.2 Å². The van der Waals surface area contributed by atoms with Crippen LogP contribution in [0.5, 0.6) is 5.75 Å². The average Bonchev–Trinajstić information content (AvgIpc) is 3.40. The molecule has 1 aromatic heterocycles. The van der Waals surface area contributed by atoms with E-state index in [0.29, 0.717) is 53.9 Å². The van der Waals surface area contributed by atoms with Crippen LogP contribution in [0.3, 0.4) is 0 Å². The number of hydrogen-bond acceptors (Lipinski definition) is 7. The van der Waals surface area contributed by atoms with Gasteiger partial charge in [0, 0.05) is 49.4 Å². The molecule has 2 bridgehead atoms. The molecule has 7 rings (SSSR count). The number of anilines is 1. The van der Waals surface area contributed by atoms with Crippen molar-refractivity contribution >= 4 is 39.0 Å². The van der Waals surface area contributed by atoms with E-state index >= 15 is 0 Å². The predicted octanol–water partition coefficient (Wildman–Crippen LogP) is 6.70. The Kier molecular flexibility index (Phi) is 10.1. The minimum Gasteiger partial charge on any atom is -0.490 e. The molecule has 2 aliphatic carbocycles. The summed E-state index contributed by atoms with van der Waals surface area (Å²) in [6.45, 7) is 5.87. The molecule has 3 heterocycles. The Balaban J connectivity index is 1.31. The van der Waals surface area contributed by atoms with E-state index in [1.165, 1.54) is 11.1 Å². The summed E-state index contributed by atoms with van der Waals surface area (Å²) in [5.74, 6) is 0.0917. The number of aryl methyl sites for hydroxylation is 3. The molecule has 1 fully saturated rings. The summed E-state index contributed by atoms with van der Waals surface area (Å²) in [6.07, 6.45) is 12.0. The van der Waals surface area contributed by atoms with Gasteiger partial charge in [0.15, 0.2) is 0 Å². The number of methoxy groups -OCH3 is 1. The van der Waals surface area contributed by atoms with Gasteiger partial charge in [-0.05, 0) is 104 Å². The van der Waals surface area contributed by atoms with Gasteiger partial charge in [0.05, 0.1) is 35.4 Å². The Bertz CT molecular complexity index is 1990. The van der Waals surface area contributed by atoms with Gasteiger partial charge in [0.25, 0.3) is 11.8 Å². The maximum absolute atomic E-state index is 14.6. The molecular formula is C39H48ClN5O5S. The molecule has 6 atom stereocenters. The van der Waals surface area contributed by atoms with Crippen LogP contribution in [0.25, 0.3) is 0 Å². The highest BCUT2D eigenvalue weighted by molar-refractivity contribution is 7.92. The molecule has 4 aliphatic rings. The zero-order chi connectivity index (χ0) is 35.9. The van der Waals surface area contributed by atoms with E-state index in [1.54, 1.807) is 31.1 Å². The van der Waals surface area contributed by atoms with E-state index < -0.39 is 21.7 Å². The molecule has 1 N–H and O–H groups in total. The number of amides is 2. The fourth-order valence-corrected chi connectivity index (χ4v) is 10.6. The molecule has 1 saturated carbocycles. The largest absolute Gasteiger partial charge is 0.490 e. The van der Waals surface area contributed by atoms with Crippen molar-refractivity contribution in [1.29, 1.82) is 0 Å². The van der Waals surface area contributed by atoms with Crippen LogP contribution in [0.4, 0.5) is 5.69 Å². The van der Waals surface area contributed by atoms with Gasteiger partial charge in [0.1, 0.15) is 15.7 Å². The minimum absolute atomic E-state index is 0.00631. The minimum atomic E-state index is -3.54. The molecule has 272 valence electrons. The highest BCUT2D eigenvalue weighted by Crippen LogP contribution is 2.47. The first-order chi connectivity index (χ1) is 24.5. The first kappa shape index (κ1) is 35.7. The van der Waals surface area contributed by atoms with E-state index in [1.807, 2.05) is 32.0 Å². The van der Waals surface area contributed by atoms with Crippen molar-refractivity contribution in [3.8, 4) is 5.75 Å². The van der Waals surface area contributed by atoms with Crippen molar-refractivity contribution in [2.75, 3.05) is 37.5 Å². The summed E-state index contributed by atoms with van der Waals surface area (Å²) < 4.78 is 35.9. The highest BCUT2D eigenvalue weighted by atomic mass is 35.5. The maximum atomic E-state index is 14.6. The maximum Gasteiger partial charge on any atom is 0.286 e. The van der Waals surface area contributed by atoms with Gasteiger partial charge in [-0.2, -0.15) is 5.10 Å². The second kappa shape index (κ2) is 14.4. The summed E-state index contributed by atoms with van der Waals surface area (Å²) in [5, 5.41) is 5.11. The second-order valence-electron chi connectivity index (χ2n) is 14.9. The number of fused-ring (bicyclic) bond motifs is 4. The molecule has 0 saturated heterocycles. The third kappa shape index (κ3) is 7.22. The molecule has 10 nitrogen and oxygen atoms in total. The van der Waals surface area contributed by atoms with E-state index in [2.05, 4.69) is 43.4 Å². The lowest BCUT2D eigenvalue weighted by molar-refractivity contribution is 0.0131. The van der Waals surface area contributed by atoms with Gasteiger partial charge in [-0.15, -0.1) is 4.36 Å². The van der Waals surface area contributed by atoms with Crippen LogP contribution in [0, 0.1) is 17.8 Å². The van der Waals surface area contributed by atoms with Gasteiger partial charge in [0.2, 0.25) is 0 Å². The second-order valence-corrected chi connectivity index (χ2v) is 17.3. The Labute approximate surface area is 306 Å². The molecule has 12 heteroatoms. The van der Waals surface area contributed by atoms with E-state index in [4.69, 9.17) is 21.1 Å². The van der Waals surface area contributed by atoms with Gasteiger partial charge in [-0.3, -0.25) is 19.0 Å². The average molecular weight is 734 g/mol. The van der Waals surface area contributed by atoms with Gasteiger partial charge < -0.3 is 14.4 Å². The Morgan fingerprint density at radius 1 is 1.22 bits per heavy atom. The monoisotopic (exact) mass is 733 g/mol. The number of carbonyl (C=O) groups is 2. The molecule has 0 radical (unpaired) electrons. The van der Waals surface area contributed by atoms with Crippen LogP contribution < -0.4 is 14.4 Å². The lowest BCUT2D eigenvalue weighted by atomic mass is 9.68. The first-order valence-corrected chi connectivity index (χ1v) is 20.2. The SMILES string of the molecule is CCc1nn(C)cc1C(=O)NS1(=O)=NC(=O)c2ccc3c(c2)N(C[C@@H]2CC[C@H]2[C@@H](OC)/C=C/C[C@H](C)C1)C[C@@]1(CCCc2cc(Cl)ccc21)CO3. The van der Waals surface area contributed by atoms with Crippen molar-refractivity contribution < 1.29 is 23.3 Å². The van der Waals surface area contributed by atoms with E-state index in [9.17, 15) is 13.8 Å². The Morgan fingerprint density at radius 3 is 2.82 bits per heavy atom. The third-order valence-electron chi connectivity index (χ3n) is 11.3. The number of aromatic nitrogens is 2. The Morgan fingerprint density at radius 2 is 2.06 bits per heavy atom. The van der Waals surface area contributed by atoms with Crippen LogP contribution in [0.1, 0.15) is 83.5 Å². The number of ether oxygens (including phenoxy) is 2. The summed E-state index contributed by atoms with van der Waals surface area (Å²) >= 11 is 6.46. The summed E-state index contributed by atoms with van der Waals surface area (Å²) in [6, 6.07) is 11.6. The quantitative estimate of drug-likeness (QED) is 0.297. The van der Waals surface area contributed by atoms with Crippen LogP contribution >= 0.6 is 11.6 Å². The van der Waals surface area contributed by atoms with Crippen molar-refractivity contribution in [2.45, 2.75) is 70.3 Å². The van der Waals surface area contributed by atoms with Crippen LogP contribution in [0.2, 0.25) is 5.02 Å². The van der Waals surface area contributed by atoms with Gasteiger partial charge in [-0.25, -0.2) is 4.21 Å². The number of benzene rings is 2. The number of allylic oxidation sites excluding steroid dienone is 1. The summed E-state index contributed by atoms with van der Waals surface area (Å²) in [7, 11) is -0.0364. The van der Waals surface area contributed by atoms with Crippen LogP contribution in [0.15, 0.2) is 59.1 Å². The lowest BCUT2D eigenvalue weighted by Crippen LogP contribution is -2.49. The molecule has 2 aromatic carbocycles. The number of rotatable bonds is 4. The Hall–Kier alpha value is -3.67. The fraction of sp³-hybridized carbons (Fsp3) is 0.513. The number of nitrogens with zero attached hydrogens (tertiary/aromatic N) is 4. The molecule has 2 amide bonds. The third-order valence-corrected chi connectivity index (χ3v) is 13.5. The number of hydrogen-bond donors (Lipinski definition) is 1. The fourth-order valence-electron chi connectivity index (χ4n) is 8.55. The summed E-state index contributed by atoms with van der Waals surface area (Å²) in [5.41, 5.74) is 4.31. The van der Waals surface area contributed by atoms with Crippen LogP contribution in [-0.2, 0) is 40.0 Å².